The van der Waals surface area contributed by atoms with E-state index in [-0.39, 0.29) is 16.7 Å². The van der Waals surface area contributed by atoms with Gasteiger partial charge in [-0.05, 0) is 12.8 Å². The Morgan fingerprint density at radius 3 is 2.16 bits per heavy atom. The van der Waals surface area contributed by atoms with Crippen LogP contribution in [0.1, 0.15) is 22.5 Å². The first-order chi connectivity index (χ1) is 15.1. The monoisotopic (exact) mass is 449 g/mol. The van der Waals surface area contributed by atoms with Crippen LogP contribution in [0, 0.1) is 0 Å². The number of likely N-dealkylation sites (tertiary alicyclic amines) is 1. The van der Waals surface area contributed by atoms with Crippen LogP contribution in [0.5, 0.6) is 0 Å². The second-order valence-corrected chi connectivity index (χ2v) is 10.2. The quantitative estimate of drug-likeness (QED) is 0.586. The molecule has 1 aromatic heterocycles. The number of thiazole rings is 1. The van der Waals surface area contributed by atoms with Gasteiger partial charge in [-0.2, -0.15) is 0 Å². The number of thioether (sulfide) groups is 1. The van der Waals surface area contributed by atoms with Crippen LogP contribution in [0.15, 0.2) is 60.7 Å². The number of benzene rings is 2. The number of hydrogen-bond donors (Lipinski definition) is 0. The molecule has 1 spiro atoms. The molecule has 2 fully saturated rings. The third-order valence-electron chi connectivity index (χ3n) is 6.17. The van der Waals surface area contributed by atoms with Crippen LogP contribution >= 0.6 is 23.1 Å². The molecule has 0 unspecified atom stereocenters. The van der Waals surface area contributed by atoms with Gasteiger partial charge >= 0.3 is 0 Å². The van der Waals surface area contributed by atoms with Crippen molar-refractivity contribution < 1.29 is 9.59 Å². The maximum atomic E-state index is 13.6. The molecular weight excluding hydrogens is 426 g/mol. The van der Waals surface area contributed by atoms with E-state index in [1.165, 1.54) is 11.3 Å². The lowest BCUT2D eigenvalue weighted by Crippen LogP contribution is -2.51. The number of carbonyl (C=O) groups excluding carboxylic acids is 2. The number of amides is 2. The summed E-state index contributed by atoms with van der Waals surface area (Å²) in [5.41, 5.74) is 2.72. The summed E-state index contributed by atoms with van der Waals surface area (Å²) >= 11 is 3.18. The van der Waals surface area contributed by atoms with Gasteiger partial charge in [-0.25, -0.2) is 4.98 Å². The van der Waals surface area contributed by atoms with E-state index in [4.69, 9.17) is 4.98 Å². The minimum atomic E-state index is -0.154. The van der Waals surface area contributed by atoms with Crippen molar-refractivity contribution in [1.82, 2.24) is 14.8 Å². The Hall–Kier alpha value is -2.64. The van der Waals surface area contributed by atoms with E-state index in [0.29, 0.717) is 23.7 Å². The van der Waals surface area contributed by atoms with Crippen LogP contribution in [-0.4, -0.2) is 57.4 Å². The summed E-state index contributed by atoms with van der Waals surface area (Å²) < 4.78 is 0. The first-order valence-electron chi connectivity index (χ1n) is 10.4. The van der Waals surface area contributed by atoms with Gasteiger partial charge in [-0.3, -0.25) is 9.59 Å². The van der Waals surface area contributed by atoms with Crippen LogP contribution < -0.4 is 0 Å². The van der Waals surface area contributed by atoms with Gasteiger partial charge < -0.3 is 9.80 Å². The molecule has 3 aromatic rings. The lowest BCUT2D eigenvalue weighted by molar-refractivity contribution is -0.129. The second-order valence-electron chi connectivity index (χ2n) is 7.91. The predicted octanol–water partition coefficient (Wildman–Crippen LogP) is 4.61. The predicted molar refractivity (Wildman–Crippen MR) is 126 cm³/mol. The summed E-state index contributed by atoms with van der Waals surface area (Å²) in [5, 5.41) is 0.855. The fraction of sp³-hybridized carbons (Fsp3) is 0.292. The highest BCUT2D eigenvalue weighted by Gasteiger charge is 2.46. The minimum Gasteiger partial charge on any atom is -0.338 e. The Labute approximate surface area is 190 Å². The summed E-state index contributed by atoms with van der Waals surface area (Å²) in [6.07, 6.45) is 1.60. The molecule has 0 atom stereocenters. The first-order valence-corrected chi connectivity index (χ1v) is 12.2. The molecule has 2 aliphatic heterocycles. The summed E-state index contributed by atoms with van der Waals surface area (Å²) in [6.45, 7) is 1.30. The number of hydrogen-bond acceptors (Lipinski definition) is 5. The molecule has 7 heteroatoms. The van der Waals surface area contributed by atoms with Crippen LogP contribution in [0.2, 0.25) is 0 Å². The topological polar surface area (TPSA) is 53.5 Å². The van der Waals surface area contributed by atoms with Crippen molar-refractivity contribution >= 4 is 34.9 Å². The van der Waals surface area contributed by atoms with Crippen molar-refractivity contribution in [3.63, 3.8) is 0 Å². The summed E-state index contributed by atoms with van der Waals surface area (Å²) in [6, 6.07) is 19.9. The normalized spacial score (nSPS) is 18.0. The summed E-state index contributed by atoms with van der Waals surface area (Å²) in [7, 11) is 1.89. The van der Waals surface area contributed by atoms with E-state index in [1.54, 1.807) is 11.8 Å². The molecule has 2 aromatic carbocycles. The molecule has 5 rings (SSSR count). The first kappa shape index (κ1) is 20.3. The maximum Gasteiger partial charge on any atom is 0.266 e. The zero-order valence-corrected chi connectivity index (χ0v) is 18.9. The van der Waals surface area contributed by atoms with Crippen LogP contribution in [0.25, 0.3) is 21.8 Å². The highest BCUT2D eigenvalue weighted by atomic mass is 32.2. The average Bonchev–Trinajstić information content (AvgIpc) is 3.39. The van der Waals surface area contributed by atoms with Gasteiger partial charge in [0.2, 0.25) is 5.91 Å². The Morgan fingerprint density at radius 2 is 1.58 bits per heavy atom. The van der Waals surface area contributed by atoms with E-state index in [9.17, 15) is 9.59 Å². The highest BCUT2D eigenvalue weighted by molar-refractivity contribution is 8.01. The van der Waals surface area contributed by atoms with Gasteiger partial charge in [0, 0.05) is 31.3 Å². The SMILES string of the molecule is CN1C(=O)CSC12CCN(C(=O)c1sc(-c3ccccc3)nc1-c1ccccc1)CC2. The molecule has 0 saturated carbocycles. The molecule has 5 nitrogen and oxygen atoms in total. The smallest absolute Gasteiger partial charge is 0.266 e. The molecule has 0 radical (unpaired) electrons. The van der Waals surface area contributed by atoms with Gasteiger partial charge in [0.1, 0.15) is 9.88 Å². The van der Waals surface area contributed by atoms with E-state index < -0.39 is 0 Å². The van der Waals surface area contributed by atoms with Gasteiger partial charge in [0.15, 0.2) is 0 Å². The van der Waals surface area contributed by atoms with Crippen molar-refractivity contribution in [1.29, 1.82) is 0 Å². The Morgan fingerprint density at radius 1 is 0.968 bits per heavy atom. The molecule has 0 N–H and O–H groups in total. The zero-order valence-electron chi connectivity index (χ0n) is 17.3. The van der Waals surface area contributed by atoms with Gasteiger partial charge in [0.25, 0.3) is 5.91 Å². The van der Waals surface area contributed by atoms with Crippen LogP contribution in [-0.2, 0) is 4.79 Å². The van der Waals surface area contributed by atoms with E-state index in [2.05, 4.69) is 0 Å². The van der Waals surface area contributed by atoms with Gasteiger partial charge in [0.05, 0.1) is 16.3 Å². The van der Waals surface area contributed by atoms with Crippen molar-refractivity contribution in [3.8, 4) is 21.8 Å². The zero-order chi connectivity index (χ0) is 21.4. The van der Waals surface area contributed by atoms with Crippen LogP contribution in [0.4, 0.5) is 0 Å². The Bertz CT molecular complexity index is 1110. The largest absolute Gasteiger partial charge is 0.338 e. The van der Waals surface area contributed by atoms with Gasteiger partial charge in [-0.15, -0.1) is 23.1 Å². The molecule has 3 heterocycles. The van der Waals surface area contributed by atoms with Crippen molar-refractivity contribution in [2.24, 2.45) is 0 Å². The maximum absolute atomic E-state index is 13.6. The van der Waals surface area contributed by atoms with Crippen LogP contribution in [0.3, 0.4) is 0 Å². The lowest BCUT2D eigenvalue weighted by Gasteiger charge is -2.42. The molecule has 2 aliphatic rings. The van der Waals surface area contributed by atoms with E-state index in [1.807, 2.05) is 77.5 Å². The second kappa shape index (κ2) is 8.13. The molecule has 31 heavy (non-hydrogen) atoms. The lowest BCUT2D eigenvalue weighted by atomic mass is 10.0. The fourth-order valence-electron chi connectivity index (χ4n) is 4.26. The summed E-state index contributed by atoms with van der Waals surface area (Å²) in [5.74, 6) is 0.759. The minimum absolute atomic E-state index is 0.0327. The number of nitrogens with zero attached hydrogens (tertiary/aromatic N) is 3. The third-order valence-corrected chi connectivity index (χ3v) is 8.87. The summed E-state index contributed by atoms with van der Waals surface area (Å²) in [4.78, 5) is 34.9. The molecule has 2 saturated heterocycles. The number of piperidine rings is 1. The molecule has 2 amide bonds. The van der Waals surface area contributed by atoms with E-state index in [0.717, 1.165) is 34.7 Å². The molecule has 158 valence electrons. The highest BCUT2D eigenvalue weighted by Crippen LogP contribution is 2.44. The van der Waals surface area contributed by atoms with Crippen molar-refractivity contribution in [2.45, 2.75) is 17.7 Å². The third kappa shape index (κ3) is 3.66. The Kier molecular flexibility index (Phi) is 5.32. The van der Waals surface area contributed by atoms with Gasteiger partial charge in [-0.1, -0.05) is 60.7 Å². The number of aromatic nitrogens is 1. The van der Waals surface area contributed by atoms with Crippen molar-refractivity contribution in [2.75, 3.05) is 25.9 Å². The molecule has 0 bridgehead atoms. The Balaban J connectivity index is 1.45. The molecular formula is C24H23N3O2S2. The van der Waals surface area contributed by atoms with Crippen molar-refractivity contribution in [3.05, 3.63) is 65.5 Å². The fourth-order valence-corrected chi connectivity index (χ4v) is 6.67. The standard InChI is InChI=1S/C24H23N3O2S2/c1-26-19(28)16-30-24(26)12-14-27(15-13-24)23(29)21-20(17-8-4-2-5-9-17)25-22(31-21)18-10-6-3-7-11-18/h2-11H,12-16H2,1H3. The average molecular weight is 450 g/mol. The molecule has 0 aliphatic carbocycles. The van der Waals surface area contributed by atoms with E-state index >= 15 is 0 Å². The number of carbonyl (C=O) groups is 2. The number of rotatable bonds is 3.